The van der Waals surface area contributed by atoms with E-state index in [0.29, 0.717) is 25.6 Å². The number of nitrogens with one attached hydrogen (secondary N) is 2. The fourth-order valence-corrected chi connectivity index (χ4v) is 2.03. The molecule has 0 aliphatic heterocycles. The Hall–Kier alpha value is -1.40. The molecule has 20 heavy (non-hydrogen) atoms. The van der Waals surface area contributed by atoms with Gasteiger partial charge in [0.1, 0.15) is 0 Å². The molecule has 114 valence electrons. The monoisotopic (exact) mass is 282 g/mol. The molecule has 0 saturated heterocycles. The Morgan fingerprint density at radius 2 is 2.30 bits per heavy atom. The molecule has 0 aliphatic rings. The fourth-order valence-electron chi connectivity index (χ4n) is 2.03. The summed E-state index contributed by atoms with van der Waals surface area (Å²) in [5.74, 6) is 0.342. The number of H-pyrrole nitrogens is 1. The molecular formula is C14H26N4O2. The van der Waals surface area contributed by atoms with E-state index in [1.54, 1.807) is 12.5 Å². The second-order valence-corrected chi connectivity index (χ2v) is 5.38. The minimum atomic E-state index is -0.577. The Labute approximate surface area is 120 Å². The van der Waals surface area contributed by atoms with E-state index in [0.717, 1.165) is 12.1 Å². The molecule has 1 heterocycles. The highest BCUT2D eigenvalue weighted by Crippen LogP contribution is 2.06. The maximum absolute atomic E-state index is 12.1. The number of hydrogen-bond donors (Lipinski definition) is 3. The van der Waals surface area contributed by atoms with Crippen LogP contribution in [0.3, 0.4) is 0 Å². The predicted molar refractivity (Wildman–Crippen MR) is 78.1 cm³/mol. The molecule has 0 bridgehead atoms. The Balaban J connectivity index is 2.46. The Bertz CT molecular complexity index is 379. The van der Waals surface area contributed by atoms with Gasteiger partial charge in [-0.15, -0.1) is 0 Å². The second kappa shape index (κ2) is 8.71. The Kier molecular flexibility index (Phi) is 7.25. The number of carbonyl (C=O) groups excluding carboxylic acids is 1. The van der Waals surface area contributed by atoms with Gasteiger partial charge < -0.3 is 20.8 Å². The van der Waals surface area contributed by atoms with Gasteiger partial charge in [-0.05, 0) is 19.3 Å². The standard InChI is InChI=1S/C14H26N4O2/c1-4-20-8-12(5-10(2)3)18-14(19)13(15)6-11-7-16-9-17-11/h7,9-10,12-13H,4-6,8,15H2,1-3H3,(H,16,17)(H,18,19)/t12-,13-/m0/s1. The smallest absolute Gasteiger partial charge is 0.237 e. The van der Waals surface area contributed by atoms with Gasteiger partial charge in [-0.2, -0.15) is 0 Å². The van der Waals surface area contributed by atoms with E-state index < -0.39 is 6.04 Å². The average Bonchev–Trinajstić information content (AvgIpc) is 2.87. The van der Waals surface area contributed by atoms with Gasteiger partial charge in [-0.3, -0.25) is 4.79 Å². The first-order valence-corrected chi connectivity index (χ1v) is 7.13. The van der Waals surface area contributed by atoms with Crippen LogP contribution in [0.2, 0.25) is 0 Å². The zero-order chi connectivity index (χ0) is 15.0. The van der Waals surface area contributed by atoms with Crippen LogP contribution in [0.4, 0.5) is 0 Å². The first kappa shape index (κ1) is 16.7. The Morgan fingerprint density at radius 1 is 1.55 bits per heavy atom. The van der Waals surface area contributed by atoms with Gasteiger partial charge in [0.25, 0.3) is 0 Å². The topological polar surface area (TPSA) is 93.0 Å². The largest absolute Gasteiger partial charge is 0.380 e. The van der Waals surface area contributed by atoms with Crippen molar-refractivity contribution < 1.29 is 9.53 Å². The van der Waals surface area contributed by atoms with Crippen molar-refractivity contribution in [2.45, 2.75) is 45.7 Å². The van der Waals surface area contributed by atoms with Crippen LogP contribution in [0.1, 0.15) is 32.9 Å². The van der Waals surface area contributed by atoms with Gasteiger partial charge in [-0.1, -0.05) is 13.8 Å². The van der Waals surface area contributed by atoms with Crippen molar-refractivity contribution in [1.29, 1.82) is 0 Å². The van der Waals surface area contributed by atoms with E-state index in [-0.39, 0.29) is 11.9 Å². The van der Waals surface area contributed by atoms with Crippen LogP contribution in [0.15, 0.2) is 12.5 Å². The molecule has 0 radical (unpaired) electrons. The number of aromatic amines is 1. The number of nitrogens with zero attached hydrogens (tertiary/aromatic N) is 1. The first-order valence-electron chi connectivity index (χ1n) is 7.13. The van der Waals surface area contributed by atoms with E-state index in [1.165, 1.54) is 0 Å². The number of hydrogen-bond acceptors (Lipinski definition) is 4. The third kappa shape index (κ3) is 6.16. The van der Waals surface area contributed by atoms with Crippen molar-refractivity contribution in [3.63, 3.8) is 0 Å². The molecule has 0 aliphatic carbocycles. The lowest BCUT2D eigenvalue weighted by molar-refractivity contribution is -0.123. The van der Waals surface area contributed by atoms with Crippen LogP contribution in [0.5, 0.6) is 0 Å². The molecule has 0 unspecified atom stereocenters. The lowest BCUT2D eigenvalue weighted by Crippen LogP contribution is -2.48. The van der Waals surface area contributed by atoms with E-state index in [4.69, 9.17) is 10.5 Å². The summed E-state index contributed by atoms with van der Waals surface area (Å²) in [6.07, 6.45) is 4.59. The molecule has 0 spiro atoms. The summed E-state index contributed by atoms with van der Waals surface area (Å²) in [5, 5.41) is 2.97. The number of carbonyl (C=O) groups is 1. The van der Waals surface area contributed by atoms with E-state index in [2.05, 4.69) is 29.1 Å². The normalized spacial score (nSPS) is 14.2. The summed E-state index contributed by atoms with van der Waals surface area (Å²) >= 11 is 0. The van der Waals surface area contributed by atoms with Crippen molar-refractivity contribution in [3.8, 4) is 0 Å². The van der Waals surface area contributed by atoms with Crippen LogP contribution in [0, 0.1) is 5.92 Å². The molecule has 1 rings (SSSR count). The van der Waals surface area contributed by atoms with Crippen LogP contribution >= 0.6 is 0 Å². The van der Waals surface area contributed by atoms with Gasteiger partial charge >= 0.3 is 0 Å². The van der Waals surface area contributed by atoms with Crippen molar-refractivity contribution in [2.75, 3.05) is 13.2 Å². The van der Waals surface area contributed by atoms with Crippen LogP contribution in [0.25, 0.3) is 0 Å². The van der Waals surface area contributed by atoms with Crippen molar-refractivity contribution in [2.24, 2.45) is 11.7 Å². The molecule has 0 fully saturated rings. The molecule has 6 heteroatoms. The maximum Gasteiger partial charge on any atom is 0.237 e. The van der Waals surface area contributed by atoms with Gasteiger partial charge in [0, 0.05) is 24.9 Å². The molecule has 6 nitrogen and oxygen atoms in total. The highest BCUT2D eigenvalue weighted by Gasteiger charge is 2.19. The lowest BCUT2D eigenvalue weighted by atomic mass is 10.0. The number of aromatic nitrogens is 2. The van der Waals surface area contributed by atoms with E-state index in [1.807, 2.05) is 6.92 Å². The SMILES string of the molecule is CCOC[C@H](CC(C)C)NC(=O)[C@@H](N)Cc1cnc[nH]1. The van der Waals surface area contributed by atoms with Gasteiger partial charge in [-0.25, -0.2) is 4.98 Å². The van der Waals surface area contributed by atoms with Crippen LogP contribution in [-0.4, -0.2) is 41.2 Å². The number of nitrogens with two attached hydrogens (primary N) is 1. The zero-order valence-electron chi connectivity index (χ0n) is 12.6. The molecule has 2 atom stereocenters. The molecule has 0 aromatic carbocycles. The lowest BCUT2D eigenvalue weighted by Gasteiger charge is -2.22. The highest BCUT2D eigenvalue weighted by atomic mass is 16.5. The number of imidazole rings is 1. The summed E-state index contributed by atoms with van der Waals surface area (Å²) in [6.45, 7) is 7.35. The molecule has 4 N–H and O–H groups in total. The Morgan fingerprint density at radius 3 is 2.85 bits per heavy atom. The van der Waals surface area contributed by atoms with E-state index >= 15 is 0 Å². The molecule has 1 aromatic heterocycles. The first-order chi connectivity index (χ1) is 9.52. The fraction of sp³-hybridized carbons (Fsp3) is 0.714. The number of rotatable bonds is 9. The molecular weight excluding hydrogens is 256 g/mol. The van der Waals surface area contributed by atoms with Crippen LogP contribution < -0.4 is 11.1 Å². The molecule has 1 aromatic rings. The highest BCUT2D eigenvalue weighted by molar-refractivity contribution is 5.82. The summed E-state index contributed by atoms with van der Waals surface area (Å²) in [5.41, 5.74) is 6.77. The quantitative estimate of drug-likeness (QED) is 0.626. The average molecular weight is 282 g/mol. The van der Waals surface area contributed by atoms with Gasteiger partial charge in [0.15, 0.2) is 0 Å². The third-order valence-corrected chi connectivity index (χ3v) is 2.96. The number of ether oxygens (including phenoxy) is 1. The second-order valence-electron chi connectivity index (χ2n) is 5.38. The van der Waals surface area contributed by atoms with Gasteiger partial charge in [0.05, 0.1) is 25.0 Å². The van der Waals surface area contributed by atoms with Crippen LogP contribution in [-0.2, 0) is 16.0 Å². The summed E-state index contributed by atoms with van der Waals surface area (Å²) in [7, 11) is 0. The van der Waals surface area contributed by atoms with Crippen molar-refractivity contribution in [1.82, 2.24) is 15.3 Å². The molecule has 0 saturated carbocycles. The minimum absolute atomic E-state index is 0.00951. The van der Waals surface area contributed by atoms with Crippen molar-refractivity contribution >= 4 is 5.91 Å². The van der Waals surface area contributed by atoms with Crippen molar-refractivity contribution in [3.05, 3.63) is 18.2 Å². The number of amides is 1. The summed E-state index contributed by atoms with van der Waals surface area (Å²) in [4.78, 5) is 19.0. The maximum atomic E-state index is 12.1. The predicted octanol–water partition coefficient (Wildman–Crippen LogP) is 0.847. The zero-order valence-corrected chi connectivity index (χ0v) is 12.6. The van der Waals surface area contributed by atoms with E-state index in [9.17, 15) is 4.79 Å². The minimum Gasteiger partial charge on any atom is -0.380 e. The molecule has 1 amide bonds. The van der Waals surface area contributed by atoms with Gasteiger partial charge in [0.2, 0.25) is 5.91 Å². The summed E-state index contributed by atoms with van der Waals surface area (Å²) < 4.78 is 5.41. The summed E-state index contributed by atoms with van der Waals surface area (Å²) in [6, 6.07) is -0.568. The third-order valence-electron chi connectivity index (χ3n) is 2.96.